The quantitative estimate of drug-likeness (QED) is 0.182. The Morgan fingerprint density at radius 2 is 1.35 bits per heavy atom. The van der Waals surface area contributed by atoms with Gasteiger partial charge in [-0.1, -0.05) is 86.5 Å². The van der Waals surface area contributed by atoms with Crippen LogP contribution in [-0.2, 0) is 4.74 Å². The van der Waals surface area contributed by atoms with Crippen molar-refractivity contribution in [3.63, 3.8) is 0 Å². The molecule has 0 spiro atoms. The SMILES string of the molecule is CCCCCCC(OC(=O)c1ccccc1)C(=O)c1ccc(Sc2ccccc2)cc1. The first kappa shape index (κ1) is 22.8. The van der Waals surface area contributed by atoms with Crippen LogP contribution in [0.25, 0.3) is 0 Å². The highest BCUT2D eigenvalue weighted by Gasteiger charge is 2.24. The number of hydrogen-bond acceptors (Lipinski definition) is 4. The van der Waals surface area contributed by atoms with Crippen LogP contribution < -0.4 is 0 Å². The first-order chi connectivity index (χ1) is 15.2. The van der Waals surface area contributed by atoms with Crippen LogP contribution in [0, 0.1) is 0 Å². The zero-order valence-corrected chi connectivity index (χ0v) is 18.6. The Morgan fingerprint density at radius 1 is 0.742 bits per heavy atom. The van der Waals surface area contributed by atoms with Gasteiger partial charge in [-0.3, -0.25) is 4.79 Å². The second kappa shape index (κ2) is 12.1. The molecule has 0 saturated heterocycles. The number of unbranched alkanes of at least 4 members (excludes halogenated alkanes) is 3. The summed E-state index contributed by atoms with van der Waals surface area (Å²) in [5.41, 5.74) is 1.03. The Morgan fingerprint density at radius 3 is 2.00 bits per heavy atom. The van der Waals surface area contributed by atoms with Gasteiger partial charge >= 0.3 is 5.97 Å². The van der Waals surface area contributed by atoms with Gasteiger partial charge in [-0.25, -0.2) is 4.79 Å². The molecular formula is C27H28O3S. The molecule has 3 aromatic carbocycles. The van der Waals surface area contributed by atoms with Crippen molar-refractivity contribution in [3.8, 4) is 0 Å². The van der Waals surface area contributed by atoms with E-state index in [1.165, 1.54) is 0 Å². The Labute approximate surface area is 188 Å². The maximum atomic E-state index is 13.2. The van der Waals surface area contributed by atoms with E-state index in [1.54, 1.807) is 36.0 Å². The number of hydrogen-bond donors (Lipinski definition) is 0. The van der Waals surface area contributed by atoms with Crippen LogP contribution in [0.15, 0.2) is 94.7 Å². The number of benzene rings is 3. The summed E-state index contributed by atoms with van der Waals surface area (Å²) in [6.45, 7) is 2.15. The van der Waals surface area contributed by atoms with Crippen molar-refractivity contribution in [3.05, 3.63) is 96.1 Å². The van der Waals surface area contributed by atoms with Crippen LogP contribution in [-0.4, -0.2) is 17.9 Å². The van der Waals surface area contributed by atoms with Gasteiger partial charge in [-0.2, -0.15) is 0 Å². The van der Waals surface area contributed by atoms with Gasteiger partial charge in [0.2, 0.25) is 5.78 Å². The molecule has 31 heavy (non-hydrogen) atoms. The van der Waals surface area contributed by atoms with E-state index >= 15 is 0 Å². The van der Waals surface area contributed by atoms with Gasteiger partial charge in [0.15, 0.2) is 6.10 Å². The predicted molar refractivity (Wildman–Crippen MR) is 126 cm³/mol. The lowest BCUT2D eigenvalue weighted by atomic mass is 10.0. The molecule has 0 N–H and O–H groups in total. The molecule has 0 radical (unpaired) electrons. The average molecular weight is 433 g/mol. The van der Waals surface area contributed by atoms with E-state index in [2.05, 4.69) is 19.1 Å². The fourth-order valence-corrected chi connectivity index (χ4v) is 4.11. The fraction of sp³-hybridized carbons (Fsp3) is 0.259. The minimum Gasteiger partial charge on any atom is -0.450 e. The molecule has 0 saturated carbocycles. The number of ketones is 1. The summed E-state index contributed by atoms with van der Waals surface area (Å²) in [6.07, 6.45) is 3.88. The largest absolute Gasteiger partial charge is 0.450 e. The minimum atomic E-state index is -0.766. The molecule has 160 valence electrons. The topological polar surface area (TPSA) is 43.4 Å². The number of rotatable bonds is 11. The van der Waals surface area contributed by atoms with Crippen LogP contribution in [0.1, 0.15) is 59.7 Å². The van der Waals surface area contributed by atoms with Crippen molar-refractivity contribution >= 4 is 23.5 Å². The molecule has 0 aliphatic carbocycles. The number of carbonyl (C=O) groups is 2. The average Bonchev–Trinajstić information content (AvgIpc) is 2.82. The number of Topliss-reactive ketones (excluding diaryl/α,β-unsaturated/α-hetero) is 1. The highest BCUT2D eigenvalue weighted by molar-refractivity contribution is 7.99. The lowest BCUT2D eigenvalue weighted by Gasteiger charge is -2.17. The summed E-state index contributed by atoms with van der Waals surface area (Å²) in [7, 11) is 0. The van der Waals surface area contributed by atoms with Gasteiger partial charge in [0, 0.05) is 15.4 Å². The second-order valence-corrected chi connectivity index (χ2v) is 8.56. The number of carbonyl (C=O) groups excluding carboxylic acids is 2. The molecule has 3 nitrogen and oxygen atoms in total. The molecule has 1 atom stereocenters. The molecular weight excluding hydrogens is 404 g/mol. The molecule has 4 heteroatoms. The first-order valence-electron chi connectivity index (χ1n) is 10.8. The molecule has 3 rings (SSSR count). The van der Waals surface area contributed by atoms with Crippen molar-refractivity contribution in [2.45, 2.75) is 54.9 Å². The molecule has 0 heterocycles. The van der Waals surface area contributed by atoms with E-state index < -0.39 is 12.1 Å². The smallest absolute Gasteiger partial charge is 0.338 e. The van der Waals surface area contributed by atoms with E-state index in [9.17, 15) is 9.59 Å². The zero-order chi connectivity index (χ0) is 21.9. The van der Waals surface area contributed by atoms with E-state index in [0.29, 0.717) is 17.5 Å². The fourth-order valence-electron chi connectivity index (χ4n) is 3.27. The van der Waals surface area contributed by atoms with Crippen molar-refractivity contribution < 1.29 is 14.3 Å². The Hall–Kier alpha value is -2.85. The number of ether oxygens (including phenoxy) is 1. The van der Waals surface area contributed by atoms with Crippen LogP contribution in [0.4, 0.5) is 0 Å². The molecule has 0 fully saturated rings. The summed E-state index contributed by atoms with van der Waals surface area (Å²) in [5.74, 6) is -0.595. The summed E-state index contributed by atoms with van der Waals surface area (Å²) in [4.78, 5) is 27.9. The molecule has 0 amide bonds. The number of esters is 1. The van der Waals surface area contributed by atoms with Crippen LogP contribution in [0.3, 0.4) is 0 Å². The summed E-state index contributed by atoms with van der Waals surface area (Å²) in [5, 5.41) is 0. The van der Waals surface area contributed by atoms with Crippen LogP contribution in [0.2, 0.25) is 0 Å². The first-order valence-corrected chi connectivity index (χ1v) is 11.6. The highest BCUT2D eigenvalue weighted by atomic mass is 32.2. The molecule has 1 unspecified atom stereocenters. The van der Waals surface area contributed by atoms with E-state index in [4.69, 9.17) is 4.74 Å². The van der Waals surface area contributed by atoms with Crippen molar-refractivity contribution in [1.29, 1.82) is 0 Å². The monoisotopic (exact) mass is 432 g/mol. The Kier molecular flexibility index (Phi) is 8.92. The standard InChI is InChI=1S/C27H28O3S/c1-2-3-4-11-16-25(30-27(29)22-12-7-5-8-13-22)26(28)21-17-19-24(20-18-21)31-23-14-9-6-10-15-23/h5-10,12-15,17-20,25H,2-4,11,16H2,1H3. The van der Waals surface area contributed by atoms with Gasteiger partial charge in [0.1, 0.15) is 0 Å². The van der Waals surface area contributed by atoms with Crippen LogP contribution >= 0.6 is 11.8 Å². The minimum absolute atomic E-state index is 0.142. The summed E-state index contributed by atoms with van der Waals surface area (Å²) < 4.78 is 5.67. The molecule has 0 bridgehead atoms. The third-order valence-electron chi connectivity index (χ3n) is 4.99. The predicted octanol–water partition coefficient (Wildman–Crippen LogP) is 7.22. The Bertz CT molecular complexity index is 953. The normalized spacial score (nSPS) is 11.6. The lowest BCUT2D eigenvalue weighted by Crippen LogP contribution is -2.27. The molecule has 0 aliphatic rings. The van der Waals surface area contributed by atoms with E-state index in [1.807, 2.05) is 48.5 Å². The maximum Gasteiger partial charge on any atom is 0.338 e. The summed E-state index contributed by atoms with van der Waals surface area (Å²) in [6, 6.07) is 26.5. The Balaban J connectivity index is 1.69. The van der Waals surface area contributed by atoms with Crippen molar-refractivity contribution in [2.75, 3.05) is 0 Å². The third kappa shape index (κ3) is 7.11. The van der Waals surface area contributed by atoms with Gasteiger partial charge < -0.3 is 4.74 Å². The van der Waals surface area contributed by atoms with Gasteiger partial charge in [-0.05, 0) is 49.2 Å². The van der Waals surface area contributed by atoms with Crippen molar-refractivity contribution in [1.82, 2.24) is 0 Å². The van der Waals surface area contributed by atoms with Gasteiger partial charge in [0.25, 0.3) is 0 Å². The van der Waals surface area contributed by atoms with Gasteiger partial charge in [-0.15, -0.1) is 0 Å². The van der Waals surface area contributed by atoms with Crippen LogP contribution in [0.5, 0.6) is 0 Å². The maximum absolute atomic E-state index is 13.2. The molecule has 3 aromatic rings. The van der Waals surface area contributed by atoms with E-state index in [0.717, 1.165) is 35.5 Å². The third-order valence-corrected chi connectivity index (χ3v) is 6.00. The van der Waals surface area contributed by atoms with Gasteiger partial charge in [0.05, 0.1) is 5.56 Å². The highest BCUT2D eigenvalue weighted by Crippen LogP contribution is 2.28. The molecule has 0 aromatic heterocycles. The zero-order valence-electron chi connectivity index (χ0n) is 17.8. The van der Waals surface area contributed by atoms with E-state index in [-0.39, 0.29) is 5.78 Å². The molecule has 0 aliphatic heterocycles. The summed E-state index contributed by atoms with van der Waals surface area (Å²) >= 11 is 1.65. The van der Waals surface area contributed by atoms with Crippen molar-refractivity contribution in [2.24, 2.45) is 0 Å². The second-order valence-electron chi connectivity index (χ2n) is 7.41. The lowest BCUT2D eigenvalue weighted by molar-refractivity contribution is 0.0262.